The number of carbonyl (C=O) groups excluding carboxylic acids is 3. The summed E-state index contributed by atoms with van der Waals surface area (Å²) in [4.78, 5) is 42.1. The molecule has 2 saturated carbocycles. The van der Waals surface area contributed by atoms with Crippen LogP contribution in [0.25, 0.3) is 0 Å². The van der Waals surface area contributed by atoms with Crippen molar-refractivity contribution in [1.29, 1.82) is 0 Å². The first-order chi connectivity index (χ1) is 15.9. The van der Waals surface area contributed by atoms with Crippen LogP contribution < -0.4 is 5.32 Å². The Labute approximate surface area is 197 Å². The lowest BCUT2D eigenvalue weighted by Crippen LogP contribution is -2.49. The molecule has 2 aromatic rings. The molecule has 33 heavy (non-hydrogen) atoms. The van der Waals surface area contributed by atoms with Crippen molar-refractivity contribution < 1.29 is 14.4 Å². The first kappa shape index (κ1) is 20.7. The lowest BCUT2D eigenvalue weighted by molar-refractivity contribution is -0.146. The van der Waals surface area contributed by atoms with Crippen molar-refractivity contribution in [2.24, 2.45) is 35.5 Å². The minimum atomic E-state index is -0.909. The van der Waals surface area contributed by atoms with Crippen LogP contribution in [0.2, 0.25) is 5.02 Å². The SMILES string of the molecule is Cc1ccc(NC(=O)[C@@H](Cc2ccccc2)N2C(=O)[C@@H]3[C@@H]4C=C[C@H]([C@H]5C[C@H]45)[C@@H]3C2=O)cc1Cl. The fourth-order valence-electron chi connectivity index (χ4n) is 6.32. The van der Waals surface area contributed by atoms with Crippen LogP contribution in [0.4, 0.5) is 5.69 Å². The van der Waals surface area contributed by atoms with E-state index < -0.39 is 6.04 Å². The highest BCUT2D eigenvalue weighted by Gasteiger charge is 2.67. The van der Waals surface area contributed by atoms with E-state index in [-0.39, 0.29) is 47.8 Å². The van der Waals surface area contributed by atoms with Gasteiger partial charge in [0, 0.05) is 17.1 Å². The van der Waals surface area contributed by atoms with Gasteiger partial charge < -0.3 is 5.32 Å². The molecule has 168 valence electrons. The molecule has 0 aromatic heterocycles. The highest BCUT2D eigenvalue weighted by Crippen LogP contribution is 2.65. The van der Waals surface area contributed by atoms with Crippen molar-refractivity contribution in [3.8, 4) is 0 Å². The predicted octanol–water partition coefficient (Wildman–Crippen LogP) is 4.25. The Bertz CT molecular complexity index is 1160. The summed E-state index contributed by atoms with van der Waals surface area (Å²) in [6.07, 6.45) is 5.68. The van der Waals surface area contributed by atoms with Crippen molar-refractivity contribution in [2.75, 3.05) is 5.32 Å². The molecule has 0 spiro atoms. The summed E-state index contributed by atoms with van der Waals surface area (Å²) in [7, 11) is 0. The molecule has 7 atom stereocenters. The Morgan fingerprint density at radius 1 is 1.03 bits per heavy atom. The van der Waals surface area contributed by atoms with E-state index in [1.807, 2.05) is 43.3 Å². The summed E-state index contributed by atoms with van der Waals surface area (Å²) in [5, 5.41) is 3.45. The van der Waals surface area contributed by atoms with Crippen molar-refractivity contribution in [2.45, 2.75) is 25.8 Å². The number of anilines is 1. The van der Waals surface area contributed by atoms with E-state index in [1.54, 1.807) is 12.1 Å². The number of rotatable bonds is 5. The van der Waals surface area contributed by atoms with Crippen molar-refractivity contribution >= 4 is 35.0 Å². The van der Waals surface area contributed by atoms with Gasteiger partial charge >= 0.3 is 0 Å². The number of benzene rings is 2. The van der Waals surface area contributed by atoms with Gasteiger partial charge in [0.1, 0.15) is 6.04 Å². The average molecular weight is 461 g/mol. The van der Waals surface area contributed by atoms with Crippen LogP contribution >= 0.6 is 11.6 Å². The third kappa shape index (κ3) is 3.24. The van der Waals surface area contributed by atoms with E-state index in [0.29, 0.717) is 22.5 Å². The maximum absolute atomic E-state index is 13.7. The predicted molar refractivity (Wildman–Crippen MR) is 125 cm³/mol. The van der Waals surface area contributed by atoms with Crippen molar-refractivity contribution in [3.05, 3.63) is 76.8 Å². The molecule has 7 rings (SSSR count). The molecule has 1 aliphatic heterocycles. The van der Waals surface area contributed by atoms with Gasteiger partial charge in [-0.15, -0.1) is 0 Å². The molecule has 0 unspecified atom stereocenters. The summed E-state index contributed by atoms with van der Waals surface area (Å²) < 4.78 is 0. The van der Waals surface area contributed by atoms with E-state index >= 15 is 0 Å². The van der Waals surface area contributed by atoms with Crippen LogP contribution in [-0.2, 0) is 20.8 Å². The van der Waals surface area contributed by atoms with Crippen LogP contribution in [0.15, 0.2) is 60.7 Å². The lowest BCUT2D eigenvalue weighted by Gasteiger charge is -2.37. The molecule has 2 aromatic carbocycles. The zero-order valence-electron chi connectivity index (χ0n) is 18.3. The average Bonchev–Trinajstić information content (AvgIpc) is 3.59. The number of allylic oxidation sites excluding steroid dienone is 2. The summed E-state index contributed by atoms with van der Waals surface area (Å²) in [5.74, 6) is -0.0917. The molecule has 6 heteroatoms. The number of hydrogen-bond donors (Lipinski definition) is 1. The van der Waals surface area contributed by atoms with Crippen LogP contribution in [0, 0.1) is 42.4 Å². The quantitative estimate of drug-likeness (QED) is 0.535. The van der Waals surface area contributed by atoms with Gasteiger partial charge in [0.15, 0.2) is 0 Å². The number of likely N-dealkylation sites (tertiary alicyclic amines) is 1. The highest BCUT2D eigenvalue weighted by atomic mass is 35.5. The molecule has 1 N–H and O–H groups in total. The minimum Gasteiger partial charge on any atom is -0.324 e. The van der Waals surface area contributed by atoms with Crippen molar-refractivity contribution in [1.82, 2.24) is 4.90 Å². The largest absolute Gasteiger partial charge is 0.324 e. The van der Waals surface area contributed by atoms with Gasteiger partial charge in [-0.1, -0.05) is 60.2 Å². The van der Waals surface area contributed by atoms with E-state index in [9.17, 15) is 14.4 Å². The molecule has 0 radical (unpaired) electrons. The Hall–Kier alpha value is -2.92. The molecular weight excluding hydrogens is 436 g/mol. The second kappa shape index (κ2) is 7.56. The maximum atomic E-state index is 13.7. The maximum Gasteiger partial charge on any atom is 0.248 e. The topological polar surface area (TPSA) is 66.5 Å². The molecule has 1 heterocycles. The summed E-state index contributed by atoms with van der Waals surface area (Å²) in [6.45, 7) is 1.89. The molecule has 4 aliphatic carbocycles. The van der Waals surface area contributed by atoms with Gasteiger partial charge in [-0.05, 0) is 60.3 Å². The van der Waals surface area contributed by atoms with Gasteiger partial charge in [0.25, 0.3) is 0 Å². The first-order valence-electron chi connectivity index (χ1n) is 11.6. The fourth-order valence-corrected chi connectivity index (χ4v) is 6.50. The van der Waals surface area contributed by atoms with Crippen LogP contribution in [0.1, 0.15) is 17.5 Å². The Balaban J connectivity index is 1.33. The van der Waals surface area contributed by atoms with E-state index in [1.165, 1.54) is 4.90 Å². The third-order valence-corrected chi connectivity index (χ3v) is 8.43. The second-order valence-electron chi connectivity index (χ2n) is 9.86. The number of hydrogen-bond acceptors (Lipinski definition) is 3. The fraction of sp³-hybridized carbons (Fsp3) is 0.370. The minimum absolute atomic E-state index is 0.128. The van der Waals surface area contributed by atoms with E-state index in [2.05, 4.69) is 17.5 Å². The number of halogens is 1. The summed E-state index contributed by atoms with van der Waals surface area (Å²) in [5.41, 5.74) is 2.36. The van der Waals surface area contributed by atoms with Gasteiger partial charge in [-0.3, -0.25) is 19.3 Å². The summed E-state index contributed by atoms with van der Waals surface area (Å²) in [6, 6.07) is 13.9. The van der Waals surface area contributed by atoms with Gasteiger partial charge in [-0.2, -0.15) is 0 Å². The van der Waals surface area contributed by atoms with Crippen LogP contribution in [0.3, 0.4) is 0 Å². The van der Waals surface area contributed by atoms with E-state index in [4.69, 9.17) is 11.6 Å². The summed E-state index contributed by atoms with van der Waals surface area (Å²) >= 11 is 6.24. The smallest absolute Gasteiger partial charge is 0.248 e. The first-order valence-corrected chi connectivity index (χ1v) is 12.0. The van der Waals surface area contributed by atoms with Gasteiger partial charge in [0.05, 0.1) is 11.8 Å². The monoisotopic (exact) mass is 460 g/mol. The third-order valence-electron chi connectivity index (χ3n) is 8.02. The molecule has 5 nitrogen and oxygen atoms in total. The molecular formula is C27H25ClN2O3. The molecule has 1 saturated heterocycles. The zero-order valence-corrected chi connectivity index (χ0v) is 19.0. The number of nitrogens with zero attached hydrogens (tertiary/aromatic N) is 1. The van der Waals surface area contributed by atoms with Crippen LogP contribution in [0.5, 0.6) is 0 Å². The Morgan fingerprint density at radius 3 is 2.27 bits per heavy atom. The highest BCUT2D eigenvalue weighted by molar-refractivity contribution is 6.31. The zero-order chi connectivity index (χ0) is 22.9. The van der Waals surface area contributed by atoms with Gasteiger partial charge in [0.2, 0.25) is 17.7 Å². The molecule has 3 fully saturated rings. The second-order valence-corrected chi connectivity index (χ2v) is 10.3. The van der Waals surface area contributed by atoms with Crippen LogP contribution in [-0.4, -0.2) is 28.7 Å². The van der Waals surface area contributed by atoms with E-state index in [0.717, 1.165) is 17.5 Å². The normalized spacial score (nSPS) is 31.9. The number of amides is 3. The number of nitrogens with one attached hydrogen (secondary N) is 1. The Morgan fingerprint density at radius 2 is 1.67 bits per heavy atom. The molecule has 5 aliphatic rings. The lowest BCUT2D eigenvalue weighted by atomic mass is 9.63. The van der Waals surface area contributed by atoms with Crippen molar-refractivity contribution in [3.63, 3.8) is 0 Å². The number of imide groups is 1. The number of carbonyl (C=O) groups is 3. The molecule has 3 amide bonds. The van der Waals surface area contributed by atoms with Gasteiger partial charge in [-0.25, -0.2) is 0 Å². The standard InChI is InChI=1S/C27H25ClN2O3/c1-14-7-8-16(12-21(14)28)29-25(31)22(11-15-5-3-2-4-6-15)30-26(32)23-17-9-10-18(20-13-19(17)20)24(23)27(30)33/h2-10,12,17-20,22-24H,11,13H2,1H3,(H,29,31)/t17-,18-,19-,20-,22-,23-,24+/m1/s1. The molecule has 2 bridgehead atoms. The number of aryl methyl sites for hydroxylation is 1. The Kier molecular flexibility index (Phi) is 4.73.